The Balaban J connectivity index is 1.53. The SMILES string of the molecule is Cc1noc(C(C)C)c1C(=O)OCC(=O)Nc1ccc(N=Nc2ccccc2)cc1. The van der Waals surface area contributed by atoms with Crippen molar-refractivity contribution in [3.05, 3.63) is 71.6 Å². The molecule has 0 bridgehead atoms. The van der Waals surface area contributed by atoms with Gasteiger partial charge in [-0.2, -0.15) is 10.2 Å². The third-order valence-electron chi connectivity index (χ3n) is 4.14. The fourth-order valence-corrected chi connectivity index (χ4v) is 2.65. The molecule has 8 heteroatoms. The summed E-state index contributed by atoms with van der Waals surface area (Å²) in [4.78, 5) is 24.4. The summed E-state index contributed by atoms with van der Waals surface area (Å²) in [5.41, 5.74) is 2.65. The molecule has 1 aromatic heterocycles. The summed E-state index contributed by atoms with van der Waals surface area (Å²) in [5, 5.41) is 14.7. The lowest BCUT2D eigenvalue weighted by Gasteiger charge is -2.08. The van der Waals surface area contributed by atoms with Crippen molar-refractivity contribution < 1.29 is 18.8 Å². The van der Waals surface area contributed by atoms with Crippen LogP contribution >= 0.6 is 0 Å². The van der Waals surface area contributed by atoms with Gasteiger partial charge in [0.05, 0.1) is 17.1 Å². The second-order valence-corrected chi connectivity index (χ2v) is 6.87. The largest absolute Gasteiger partial charge is 0.452 e. The van der Waals surface area contributed by atoms with Gasteiger partial charge in [0.2, 0.25) is 0 Å². The second kappa shape index (κ2) is 9.60. The Bertz CT molecular complexity index is 1040. The van der Waals surface area contributed by atoms with Crippen LogP contribution in [-0.2, 0) is 9.53 Å². The third-order valence-corrected chi connectivity index (χ3v) is 4.14. The number of aryl methyl sites for hydroxylation is 1. The number of nitrogens with one attached hydrogen (secondary N) is 1. The van der Waals surface area contributed by atoms with Crippen LogP contribution in [0.1, 0.15) is 41.6 Å². The maximum absolute atomic E-state index is 12.3. The quantitative estimate of drug-likeness (QED) is 0.422. The molecule has 1 heterocycles. The number of rotatable bonds is 7. The van der Waals surface area contributed by atoms with Crippen LogP contribution < -0.4 is 5.32 Å². The summed E-state index contributed by atoms with van der Waals surface area (Å²) < 4.78 is 10.3. The van der Waals surface area contributed by atoms with Crippen LogP contribution in [0.5, 0.6) is 0 Å². The molecule has 8 nitrogen and oxygen atoms in total. The summed E-state index contributed by atoms with van der Waals surface area (Å²) in [6, 6.07) is 16.2. The molecule has 0 aliphatic rings. The topological polar surface area (TPSA) is 106 Å². The molecule has 30 heavy (non-hydrogen) atoms. The number of hydrogen-bond acceptors (Lipinski definition) is 7. The third kappa shape index (κ3) is 5.38. The summed E-state index contributed by atoms with van der Waals surface area (Å²) in [5.74, 6) is -0.676. The van der Waals surface area contributed by atoms with E-state index >= 15 is 0 Å². The molecule has 0 unspecified atom stereocenters. The number of carbonyl (C=O) groups excluding carboxylic acids is 2. The van der Waals surface area contributed by atoms with Crippen molar-refractivity contribution in [2.75, 3.05) is 11.9 Å². The Morgan fingerprint density at radius 3 is 2.30 bits per heavy atom. The zero-order valence-corrected chi connectivity index (χ0v) is 17.0. The van der Waals surface area contributed by atoms with Gasteiger partial charge in [-0.05, 0) is 43.3 Å². The van der Waals surface area contributed by atoms with Crippen molar-refractivity contribution in [2.24, 2.45) is 10.2 Å². The smallest absolute Gasteiger partial charge is 0.344 e. The van der Waals surface area contributed by atoms with Gasteiger partial charge < -0.3 is 14.6 Å². The predicted molar refractivity (Wildman–Crippen MR) is 111 cm³/mol. The average Bonchev–Trinajstić information content (AvgIpc) is 3.14. The monoisotopic (exact) mass is 406 g/mol. The highest BCUT2D eigenvalue weighted by Crippen LogP contribution is 2.23. The number of nitrogens with zero attached hydrogens (tertiary/aromatic N) is 3. The molecule has 0 spiro atoms. The van der Waals surface area contributed by atoms with E-state index in [1.54, 1.807) is 31.2 Å². The number of amides is 1. The zero-order valence-electron chi connectivity index (χ0n) is 17.0. The molecule has 1 amide bonds. The van der Waals surface area contributed by atoms with Crippen molar-refractivity contribution in [2.45, 2.75) is 26.7 Å². The van der Waals surface area contributed by atoms with Crippen LogP contribution in [0.4, 0.5) is 17.1 Å². The Hall–Kier alpha value is -3.81. The Kier molecular flexibility index (Phi) is 6.69. The van der Waals surface area contributed by atoms with Gasteiger partial charge in [0.25, 0.3) is 5.91 Å². The fourth-order valence-electron chi connectivity index (χ4n) is 2.65. The van der Waals surface area contributed by atoms with E-state index in [1.807, 2.05) is 44.2 Å². The average molecular weight is 406 g/mol. The Morgan fingerprint density at radius 2 is 1.67 bits per heavy atom. The van der Waals surface area contributed by atoms with Crippen molar-refractivity contribution >= 4 is 28.9 Å². The zero-order chi connectivity index (χ0) is 21.5. The van der Waals surface area contributed by atoms with E-state index in [9.17, 15) is 9.59 Å². The summed E-state index contributed by atoms with van der Waals surface area (Å²) >= 11 is 0. The first-order valence-corrected chi connectivity index (χ1v) is 9.44. The lowest BCUT2D eigenvalue weighted by molar-refractivity contribution is -0.119. The van der Waals surface area contributed by atoms with Gasteiger partial charge in [-0.1, -0.05) is 37.2 Å². The lowest BCUT2D eigenvalue weighted by atomic mass is 10.1. The number of aromatic nitrogens is 1. The molecule has 0 saturated carbocycles. The van der Waals surface area contributed by atoms with E-state index < -0.39 is 18.5 Å². The molecular weight excluding hydrogens is 384 g/mol. The van der Waals surface area contributed by atoms with Crippen LogP contribution in [0.3, 0.4) is 0 Å². The number of anilines is 1. The fraction of sp³-hybridized carbons (Fsp3) is 0.227. The molecule has 0 aliphatic carbocycles. The van der Waals surface area contributed by atoms with Crippen LogP contribution in [0, 0.1) is 6.92 Å². The van der Waals surface area contributed by atoms with E-state index in [0.717, 1.165) is 5.69 Å². The normalized spacial score (nSPS) is 11.1. The number of benzene rings is 2. The Morgan fingerprint density at radius 1 is 1.03 bits per heavy atom. The van der Waals surface area contributed by atoms with E-state index in [1.165, 1.54) is 0 Å². The molecule has 2 aromatic carbocycles. The molecule has 0 fully saturated rings. The minimum atomic E-state index is -0.635. The van der Waals surface area contributed by atoms with Crippen molar-refractivity contribution in [1.82, 2.24) is 5.16 Å². The van der Waals surface area contributed by atoms with Crippen LogP contribution in [0.25, 0.3) is 0 Å². The van der Waals surface area contributed by atoms with Gasteiger partial charge in [-0.15, -0.1) is 0 Å². The molecule has 3 rings (SSSR count). The maximum Gasteiger partial charge on any atom is 0.344 e. The molecule has 154 valence electrons. The van der Waals surface area contributed by atoms with Crippen LogP contribution in [-0.4, -0.2) is 23.6 Å². The molecule has 0 radical (unpaired) electrons. The van der Waals surface area contributed by atoms with Crippen molar-refractivity contribution in [3.8, 4) is 0 Å². The highest BCUT2D eigenvalue weighted by Gasteiger charge is 2.24. The first kappa shape index (κ1) is 20.9. The van der Waals surface area contributed by atoms with Gasteiger partial charge in [0, 0.05) is 11.6 Å². The predicted octanol–water partition coefficient (Wildman–Crippen LogP) is 5.32. The van der Waals surface area contributed by atoms with Gasteiger partial charge in [0.15, 0.2) is 12.4 Å². The van der Waals surface area contributed by atoms with E-state index in [-0.39, 0.29) is 11.5 Å². The first-order chi connectivity index (χ1) is 14.4. The molecule has 3 aromatic rings. The van der Waals surface area contributed by atoms with E-state index in [4.69, 9.17) is 9.26 Å². The maximum atomic E-state index is 12.3. The van der Waals surface area contributed by atoms with E-state index in [2.05, 4.69) is 20.7 Å². The lowest BCUT2D eigenvalue weighted by Crippen LogP contribution is -2.21. The molecule has 1 N–H and O–H groups in total. The number of hydrogen-bond donors (Lipinski definition) is 1. The van der Waals surface area contributed by atoms with Crippen molar-refractivity contribution in [3.63, 3.8) is 0 Å². The number of carbonyl (C=O) groups is 2. The van der Waals surface area contributed by atoms with Gasteiger partial charge in [0.1, 0.15) is 5.56 Å². The van der Waals surface area contributed by atoms with Crippen LogP contribution in [0.2, 0.25) is 0 Å². The van der Waals surface area contributed by atoms with Crippen LogP contribution in [0.15, 0.2) is 69.3 Å². The number of ether oxygens (including phenoxy) is 1. The number of azo groups is 1. The molecule has 0 saturated heterocycles. The summed E-state index contributed by atoms with van der Waals surface area (Å²) in [6.45, 7) is 5.00. The highest BCUT2D eigenvalue weighted by molar-refractivity contribution is 5.96. The minimum Gasteiger partial charge on any atom is -0.452 e. The minimum absolute atomic E-state index is 0.0277. The molecule has 0 atom stereocenters. The highest BCUT2D eigenvalue weighted by atomic mass is 16.5. The number of esters is 1. The summed E-state index contributed by atoms with van der Waals surface area (Å²) in [7, 11) is 0. The first-order valence-electron chi connectivity index (χ1n) is 9.44. The Labute approximate surface area is 173 Å². The van der Waals surface area contributed by atoms with Crippen molar-refractivity contribution in [1.29, 1.82) is 0 Å². The molecular formula is C22H22N4O4. The second-order valence-electron chi connectivity index (χ2n) is 6.87. The van der Waals surface area contributed by atoms with Gasteiger partial charge in [-0.3, -0.25) is 4.79 Å². The van der Waals surface area contributed by atoms with E-state index in [0.29, 0.717) is 22.8 Å². The standard InChI is InChI=1S/C22H22N4O4/c1-14(2)21-20(15(3)26-30-21)22(28)29-13-19(27)23-16-9-11-18(12-10-16)25-24-17-7-5-4-6-8-17/h4-12,14H,13H2,1-3H3,(H,23,27). The molecule has 0 aliphatic heterocycles. The summed E-state index contributed by atoms with van der Waals surface area (Å²) in [6.07, 6.45) is 0. The van der Waals surface area contributed by atoms with Gasteiger partial charge in [-0.25, -0.2) is 4.79 Å². The van der Waals surface area contributed by atoms with Gasteiger partial charge >= 0.3 is 5.97 Å².